The van der Waals surface area contributed by atoms with Crippen molar-refractivity contribution >= 4 is 5.91 Å². The normalized spacial score (nSPS) is 18.7. The van der Waals surface area contributed by atoms with E-state index >= 15 is 0 Å². The van der Waals surface area contributed by atoms with Crippen molar-refractivity contribution in [2.45, 2.75) is 44.7 Å². The zero-order valence-corrected chi connectivity index (χ0v) is 15.1. The van der Waals surface area contributed by atoms with Gasteiger partial charge >= 0.3 is 0 Å². The second-order valence-corrected chi connectivity index (χ2v) is 7.28. The average molecular weight is 354 g/mol. The van der Waals surface area contributed by atoms with Crippen molar-refractivity contribution in [2.24, 2.45) is 0 Å². The predicted octanol–water partition coefficient (Wildman–Crippen LogP) is 1.16. The van der Waals surface area contributed by atoms with Crippen molar-refractivity contribution in [2.75, 3.05) is 26.2 Å². The molecule has 0 N–H and O–H groups in total. The fraction of sp³-hybridized carbons (Fsp3) is 0.579. The standard InChI is InChI=1S/C19H26N6O/c26-19(7-3-10-25-15-20-21-22-25)24-9-4-8-23(11-12-24)18-13-16-5-1-2-6-17(16)14-18/h1-2,5-6,15,18H,3-4,7-14H2. The molecule has 0 radical (unpaired) electrons. The van der Waals surface area contributed by atoms with Gasteiger partial charge in [-0.15, -0.1) is 5.10 Å². The van der Waals surface area contributed by atoms with Gasteiger partial charge in [-0.1, -0.05) is 24.3 Å². The van der Waals surface area contributed by atoms with Crippen LogP contribution in [0.15, 0.2) is 30.6 Å². The molecule has 2 aliphatic rings. The average Bonchev–Trinajstić information content (AvgIpc) is 3.25. The lowest BCUT2D eigenvalue weighted by atomic mass is 10.1. The summed E-state index contributed by atoms with van der Waals surface area (Å²) < 4.78 is 1.68. The molecule has 1 aliphatic carbocycles. The van der Waals surface area contributed by atoms with Gasteiger partial charge in [0.25, 0.3) is 0 Å². The highest BCUT2D eigenvalue weighted by atomic mass is 16.2. The van der Waals surface area contributed by atoms with Crippen LogP contribution in [0.5, 0.6) is 0 Å². The van der Waals surface area contributed by atoms with Crippen LogP contribution in [0.4, 0.5) is 0 Å². The number of fused-ring (bicyclic) bond motifs is 1. The van der Waals surface area contributed by atoms with Crippen LogP contribution < -0.4 is 0 Å². The molecule has 1 fully saturated rings. The second kappa shape index (κ2) is 7.95. The maximum Gasteiger partial charge on any atom is 0.222 e. The molecule has 1 amide bonds. The van der Waals surface area contributed by atoms with Gasteiger partial charge in [-0.3, -0.25) is 9.69 Å². The van der Waals surface area contributed by atoms with Gasteiger partial charge in [0, 0.05) is 45.2 Å². The van der Waals surface area contributed by atoms with E-state index in [1.165, 1.54) is 11.1 Å². The molecule has 1 aromatic heterocycles. The number of nitrogens with zero attached hydrogens (tertiary/aromatic N) is 6. The Labute approximate surface area is 154 Å². The molecule has 1 aromatic carbocycles. The Hall–Kier alpha value is -2.28. The zero-order chi connectivity index (χ0) is 17.8. The minimum Gasteiger partial charge on any atom is -0.341 e. The number of carbonyl (C=O) groups excluding carboxylic acids is 1. The van der Waals surface area contributed by atoms with Crippen molar-refractivity contribution in [3.8, 4) is 0 Å². The Morgan fingerprint density at radius 2 is 1.88 bits per heavy atom. The van der Waals surface area contributed by atoms with Crippen molar-refractivity contribution in [1.82, 2.24) is 30.0 Å². The predicted molar refractivity (Wildman–Crippen MR) is 97.5 cm³/mol. The Bertz CT molecular complexity index is 706. The van der Waals surface area contributed by atoms with E-state index in [1.807, 2.05) is 4.90 Å². The quantitative estimate of drug-likeness (QED) is 0.806. The SMILES string of the molecule is O=C(CCCn1cnnn1)N1CCCN(C2Cc3ccccc3C2)CC1. The number of rotatable bonds is 5. The van der Waals surface area contributed by atoms with E-state index in [4.69, 9.17) is 0 Å². The highest BCUT2D eigenvalue weighted by molar-refractivity contribution is 5.76. The van der Waals surface area contributed by atoms with Crippen molar-refractivity contribution in [3.05, 3.63) is 41.7 Å². The summed E-state index contributed by atoms with van der Waals surface area (Å²) in [6, 6.07) is 9.39. The molecule has 26 heavy (non-hydrogen) atoms. The van der Waals surface area contributed by atoms with Gasteiger partial charge in [-0.2, -0.15) is 0 Å². The molecule has 1 aliphatic heterocycles. The minimum absolute atomic E-state index is 0.259. The Morgan fingerprint density at radius 3 is 2.62 bits per heavy atom. The molecule has 2 heterocycles. The summed E-state index contributed by atoms with van der Waals surface area (Å²) in [7, 11) is 0. The van der Waals surface area contributed by atoms with Gasteiger partial charge in [0.2, 0.25) is 5.91 Å². The molecule has 0 bridgehead atoms. The zero-order valence-electron chi connectivity index (χ0n) is 15.1. The number of aryl methyl sites for hydroxylation is 1. The first-order valence-corrected chi connectivity index (χ1v) is 9.59. The molecule has 0 atom stereocenters. The summed E-state index contributed by atoms with van der Waals surface area (Å²) in [5, 5.41) is 11.1. The van der Waals surface area contributed by atoms with Gasteiger partial charge in [0.1, 0.15) is 6.33 Å². The molecular weight excluding hydrogens is 328 g/mol. The van der Waals surface area contributed by atoms with Crippen LogP contribution in [0.25, 0.3) is 0 Å². The van der Waals surface area contributed by atoms with E-state index in [-0.39, 0.29) is 5.91 Å². The van der Waals surface area contributed by atoms with Crippen LogP contribution in [0, 0.1) is 0 Å². The van der Waals surface area contributed by atoms with Crippen molar-refractivity contribution < 1.29 is 4.79 Å². The third kappa shape index (κ3) is 3.93. The first-order chi connectivity index (χ1) is 12.8. The Morgan fingerprint density at radius 1 is 1.08 bits per heavy atom. The molecule has 0 saturated carbocycles. The van der Waals surface area contributed by atoms with Crippen LogP contribution in [0.1, 0.15) is 30.4 Å². The molecular formula is C19H26N6O. The first kappa shape index (κ1) is 17.1. The van der Waals surface area contributed by atoms with Gasteiger partial charge < -0.3 is 4.90 Å². The first-order valence-electron chi connectivity index (χ1n) is 9.59. The minimum atomic E-state index is 0.259. The number of hydrogen-bond donors (Lipinski definition) is 0. The second-order valence-electron chi connectivity index (χ2n) is 7.28. The summed E-state index contributed by atoms with van der Waals surface area (Å²) in [4.78, 5) is 17.2. The molecule has 1 saturated heterocycles. The fourth-order valence-electron chi connectivity index (χ4n) is 4.18. The number of benzene rings is 1. The summed E-state index contributed by atoms with van der Waals surface area (Å²) in [5.74, 6) is 0.259. The summed E-state index contributed by atoms with van der Waals surface area (Å²) in [6.07, 6.45) is 6.29. The molecule has 7 heteroatoms. The topological polar surface area (TPSA) is 67.2 Å². The number of amides is 1. The van der Waals surface area contributed by atoms with Crippen LogP contribution >= 0.6 is 0 Å². The summed E-state index contributed by atoms with van der Waals surface area (Å²) in [5.41, 5.74) is 2.99. The highest BCUT2D eigenvalue weighted by Crippen LogP contribution is 2.26. The van der Waals surface area contributed by atoms with Crippen LogP contribution in [-0.2, 0) is 24.2 Å². The van der Waals surface area contributed by atoms with E-state index in [9.17, 15) is 4.79 Å². The molecule has 2 aromatic rings. The van der Waals surface area contributed by atoms with Gasteiger partial charge in [0.05, 0.1) is 0 Å². The highest BCUT2D eigenvalue weighted by Gasteiger charge is 2.28. The van der Waals surface area contributed by atoms with Crippen LogP contribution in [-0.4, -0.2) is 68.1 Å². The smallest absolute Gasteiger partial charge is 0.222 e. The number of aromatic nitrogens is 4. The third-order valence-electron chi connectivity index (χ3n) is 5.60. The largest absolute Gasteiger partial charge is 0.341 e. The maximum absolute atomic E-state index is 12.5. The molecule has 4 rings (SSSR count). The fourth-order valence-corrected chi connectivity index (χ4v) is 4.18. The summed E-state index contributed by atoms with van der Waals surface area (Å²) >= 11 is 0. The molecule has 138 valence electrons. The van der Waals surface area contributed by atoms with E-state index in [1.54, 1.807) is 11.0 Å². The molecule has 7 nitrogen and oxygen atoms in total. The lowest BCUT2D eigenvalue weighted by Crippen LogP contribution is -2.40. The van der Waals surface area contributed by atoms with Gasteiger partial charge in [-0.05, 0) is 47.2 Å². The van der Waals surface area contributed by atoms with Crippen molar-refractivity contribution in [3.63, 3.8) is 0 Å². The van der Waals surface area contributed by atoms with Crippen molar-refractivity contribution in [1.29, 1.82) is 0 Å². The number of carbonyl (C=O) groups is 1. The van der Waals surface area contributed by atoms with Gasteiger partial charge in [-0.25, -0.2) is 4.68 Å². The molecule has 0 spiro atoms. The number of hydrogen-bond acceptors (Lipinski definition) is 5. The Kier molecular flexibility index (Phi) is 5.24. The van der Waals surface area contributed by atoms with Gasteiger partial charge in [0.15, 0.2) is 0 Å². The van der Waals surface area contributed by atoms with E-state index < -0.39 is 0 Å². The Balaban J connectivity index is 1.25. The molecule has 0 unspecified atom stereocenters. The third-order valence-corrected chi connectivity index (χ3v) is 5.60. The van der Waals surface area contributed by atoms with E-state index in [0.29, 0.717) is 19.0 Å². The lowest BCUT2D eigenvalue weighted by Gasteiger charge is -2.27. The lowest BCUT2D eigenvalue weighted by molar-refractivity contribution is -0.131. The van der Waals surface area contributed by atoms with E-state index in [0.717, 1.165) is 51.9 Å². The summed E-state index contributed by atoms with van der Waals surface area (Å²) in [6.45, 7) is 4.49. The maximum atomic E-state index is 12.5. The van der Waals surface area contributed by atoms with Crippen LogP contribution in [0.3, 0.4) is 0 Å². The van der Waals surface area contributed by atoms with E-state index in [2.05, 4.69) is 44.7 Å². The number of tetrazole rings is 1. The monoisotopic (exact) mass is 354 g/mol. The van der Waals surface area contributed by atoms with Crippen LogP contribution in [0.2, 0.25) is 0 Å².